The molecule has 6 heteroatoms. The van der Waals surface area contributed by atoms with Crippen LogP contribution in [0.4, 0.5) is 5.69 Å². The van der Waals surface area contributed by atoms with E-state index in [2.05, 4.69) is 10.3 Å². The van der Waals surface area contributed by atoms with E-state index in [9.17, 15) is 0 Å². The molecule has 1 aliphatic carbocycles. The Kier molecular flexibility index (Phi) is 7.95. The van der Waals surface area contributed by atoms with Gasteiger partial charge in [0, 0.05) is 25.9 Å². The number of guanidine groups is 1. The van der Waals surface area contributed by atoms with Crippen molar-refractivity contribution in [3.63, 3.8) is 0 Å². The predicted molar refractivity (Wildman–Crippen MR) is 101 cm³/mol. The molecule has 0 aromatic heterocycles. The number of nitrogens with zero attached hydrogens (tertiary/aromatic N) is 1. The van der Waals surface area contributed by atoms with E-state index in [1.807, 2.05) is 24.3 Å². The van der Waals surface area contributed by atoms with Crippen LogP contribution in [0, 0.1) is 5.41 Å². The van der Waals surface area contributed by atoms with Gasteiger partial charge in [0.2, 0.25) is 0 Å². The highest BCUT2D eigenvalue weighted by molar-refractivity contribution is 14.0. The second-order valence-corrected chi connectivity index (χ2v) is 5.65. The summed E-state index contributed by atoms with van der Waals surface area (Å²) >= 11 is 0. The summed E-state index contributed by atoms with van der Waals surface area (Å²) in [4.78, 5) is 4.51. The summed E-state index contributed by atoms with van der Waals surface area (Å²) in [6, 6.07) is 7.62. The Balaban J connectivity index is 0.00000242. The Morgan fingerprint density at radius 2 is 1.95 bits per heavy atom. The first-order valence-electron chi connectivity index (χ1n) is 7.37. The summed E-state index contributed by atoms with van der Waals surface area (Å²) in [5.41, 5.74) is 7.17. The van der Waals surface area contributed by atoms with Gasteiger partial charge < -0.3 is 20.5 Å². The SMILES string of the molecule is COCCC1(CN=C(N)Nc2ccc(OC)cc2)CCC1.I. The molecule has 0 radical (unpaired) electrons. The van der Waals surface area contributed by atoms with Gasteiger partial charge >= 0.3 is 0 Å². The van der Waals surface area contributed by atoms with Crippen molar-refractivity contribution in [1.82, 2.24) is 0 Å². The van der Waals surface area contributed by atoms with Crippen molar-refractivity contribution < 1.29 is 9.47 Å². The van der Waals surface area contributed by atoms with Gasteiger partial charge in [-0.25, -0.2) is 0 Å². The van der Waals surface area contributed by atoms with Crippen LogP contribution in [0.3, 0.4) is 0 Å². The minimum Gasteiger partial charge on any atom is -0.497 e. The van der Waals surface area contributed by atoms with Gasteiger partial charge in [-0.2, -0.15) is 0 Å². The van der Waals surface area contributed by atoms with Gasteiger partial charge in [-0.1, -0.05) is 6.42 Å². The van der Waals surface area contributed by atoms with Crippen molar-refractivity contribution in [3.05, 3.63) is 24.3 Å². The second-order valence-electron chi connectivity index (χ2n) is 5.65. The lowest BCUT2D eigenvalue weighted by molar-refractivity contribution is 0.0780. The first-order valence-corrected chi connectivity index (χ1v) is 7.37. The molecule has 1 aromatic carbocycles. The number of nitrogens with two attached hydrogens (primary N) is 1. The van der Waals surface area contributed by atoms with Crippen molar-refractivity contribution in [3.8, 4) is 5.75 Å². The maximum Gasteiger partial charge on any atom is 0.193 e. The Labute approximate surface area is 149 Å². The smallest absolute Gasteiger partial charge is 0.193 e. The zero-order chi connectivity index (χ0) is 15.1. The molecule has 0 unspecified atom stereocenters. The third-order valence-electron chi connectivity index (χ3n) is 4.20. The number of rotatable bonds is 7. The highest BCUT2D eigenvalue weighted by Gasteiger charge is 2.36. The molecule has 5 nitrogen and oxygen atoms in total. The molecular weight excluding hydrogens is 393 g/mol. The molecule has 1 aliphatic rings. The normalized spacial score (nSPS) is 16.4. The molecule has 0 aliphatic heterocycles. The molecule has 1 saturated carbocycles. The van der Waals surface area contributed by atoms with Crippen LogP contribution in [0.1, 0.15) is 25.7 Å². The molecule has 3 N–H and O–H groups in total. The first-order chi connectivity index (χ1) is 10.2. The fourth-order valence-corrected chi connectivity index (χ4v) is 2.60. The second kappa shape index (κ2) is 9.19. The van der Waals surface area contributed by atoms with Crippen LogP contribution in [0.25, 0.3) is 0 Å². The van der Waals surface area contributed by atoms with Gasteiger partial charge in [0.15, 0.2) is 5.96 Å². The van der Waals surface area contributed by atoms with Crippen LogP contribution in [0.5, 0.6) is 5.75 Å². The minimum absolute atomic E-state index is 0. The molecule has 124 valence electrons. The number of ether oxygens (including phenoxy) is 2. The van der Waals surface area contributed by atoms with Crippen molar-refractivity contribution in [2.24, 2.45) is 16.1 Å². The standard InChI is InChI=1S/C16H25N3O2.HI/c1-20-11-10-16(8-3-9-16)12-18-15(17)19-13-4-6-14(21-2)7-5-13;/h4-7H,3,8-12H2,1-2H3,(H3,17,18,19);1H. The third kappa shape index (κ3) is 5.31. The van der Waals surface area contributed by atoms with Crippen molar-refractivity contribution >= 4 is 35.6 Å². The average molecular weight is 419 g/mol. The lowest BCUT2D eigenvalue weighted by Gasteiger charge is -2.40. The number of anilines is 1. The molecule has 1 fully saturated rings. The average Bonchev–Trinajstić information content (AvgIpc) is 2.46. The summed E-state index contributed by atoms with van der Waals surface area (Å²) in [6.07, 6.45) is 4.78. The number of methoxy groups -OCH3 is 2. The van der Waals surface area contributed by atoms with Crippen LogP contribution in [-0.2, 0) is 4.74 Å². The maximum absolute atomic E-state index is 5.97. The largest absolute Gasteiger partial charge is 0.497 e. The van der Waals surface area contributed by atoms with Gasteiger partial charge in [0.05, 0.1) is 7.11 Å². The van der Waals surface area contributed by atoms with Gasteiger partial charge in [-0.3, -0.25) is 4.99 Å². The lowest BCUT2D eigenvalue weighted by atomic mass is 9.67. The van der Waals surface area contributed by atoms with E-state index in [0.717, 1.165) is 31.0 Å². The van der Waals surface area contributed by atoms with Crippen LogP contribution < -0.4 is 15.8 Å². The Morgan fingerprint density at radius 3 is 2.45 bits per heavy atom. The molecule has 0 bridgehead atoms. The molecule has 0 atom stereocenters. The van der Waals surface area contributed by atoms with Crippen LogP contribution >= 0.6 is 24.0 Å². The van der Waals surface area contributed by atoms with Gasteiger partial charge in [-0.05, 0) is 48.9 Å². The summed E-state index contributed by atoms with van der Waals surface area (Å²) in [5, 5.41) is 3.11. The third-order valence-corrected chi connectivity index (χ3v) is 4.20. The van der Waals surface area contributed by atoms with E-state index in [-0.39, 0.29) is 24.0 Å². The fraction of sp³-hybridized carbons (Fsp3) is 0.562. The Morgan fingerprint density at radius 1 is 1.27 bits per heavy atom. The number of nitrogens with one attached hydrogen (secondary N) is 1. The van der Waals surface area contributed by atoms with Crippen LogP contribution in [0.15, 0.2) is 29.3 Å². The van der Waals surface area contributed by atoms with Crippen molar-refractivity contribution in [2.45, 2.75) is 25.7 Å². The lowest BCUT2D eigenvalue weighted by Crippen LogP contribution is -2.35. The molecule has 0 heterocycles. The van der Waals surface area contributed by atoms with E-state index in [0.29, 0.717) is 11.4 Å². The number of halogens is 1. The van der Waals surface area contributed by atoms with Crippen LogP contribution in [-0.4, -0.2) is 33.3 Å². The first kappa shape index (κ1) is 19.0. The summed E-state index contributed by atoms with van der Waals surface area (Å²) < 4.78 is 10.3. The van der Waals surface area contributed by atoms with Gasteiger partial charge in [-0.15, -0.1) is 24.0 Å². The van der Waals surface area contributed by atoms with Gasteiger partial charge in [0.1, 0.15) is 5.75 Å². The molecular formula is C16H26IN3O2. The number of hydrogen-bond donors (Lipinski definition) is 2. The minimum atomic E-state index is 0. The topological polar surface area (TPSA) is 68.9 Å². The fourth-order valence-electron chi connectivity index (χ4n) is 2.60. The van der Waals surface area contributed by atoms with Crippen LogP contribution in [0.2, 0.25) is 0 Å². The van der Waals surface area contributed by atoms with E-state index >= 15 is 0 Å². The number of hydrogen-bond acceptors (Lipinski definition) is 3. The Hall–Kier alpha value is -1.02. The van der Waals surface area contributed by atoms with Crippen molar-refractivity contribution in [1.29, 1.82) is 0 Å². The monoisotopic (exact) mass is 419 g/mol. The van der Waals surface area contributed by atoms with E-state index in [1.165, 1.54) is 19.3 Å². The quantitative estimate of drug-likeness (QED) is 0.405. The highest BCUT2D eigenvalue weighted by atomic mass is 127. The maximum atomic E-state index is 5.97. The molecule has 0 amide bonds. The summed E-state index contributed by atoms with van der Waals surface area (Å²) in [7, 11) is 3.39. The molecule has 0 spiro atoms. The summed E-state index contributed by atoms with van der Waals surface area (Å²) in [6.45, 7) is 1.56. The number of benzene rings is 1. The zero-order valence-electron chi connectivity index (χ0n) is 13.3. The zero-order valence-corrected chi connectivity index (χ0v) is 15.6. The van der Waals surface area contributed by atoms with E-state index in [4.69, 9.17) is 15.2 Å². The van der Waals surface area contributed by atoms with E-state index < -0.39 is 0 Å². The highest BCUT2D eigenvalue weighted by Crippen LogP contribution is 2.44. The summed E-state index contributed by atoms with van der Waals surface area (Å²) in [5.74, 6) is 1.29. The molecule has 1 aromatic rings. The van der Waals surface area contributed by atoms with Gasteiger partial charge in [0.25, 0.3) is 0 Å². The predicted octanol–water partition coefficient (Wildman–Crippen LogP) is 3.25. The molecule has 2 rings (SSSR count). The van der Waals surface area contributed by atoms with Crippen molar-refractivity contribution in [2.75, 3.05) is 32.7 Å². The molecule has 0 saturated heterocycles. The Bertz CT molecular complexity index is 473. The van der Waals surface area contributed by atoms with E-state index in [1.54, 1.807) is 14.2 Å². The number of aliphatic imine (C=N–C) groups is 1. The molecule has 22 heavy (non-hydrogen) atoms.